The third-order valence-corrected chi connectivity index (χ3v) is 5.82. The van der Waals surface area contributed by atoms with E-state index in [9.17, 15) is 13.2 Å². The molecule has 10 nitrogen and oxygen atoms in total. The van der Waals surface area contributed by atoms with Crippen molar-refractivity contribution >= 4 is 21.7 Å². The Morgan fingerprint density at radius 1 is 1.09 bits per heavy atom. The molecule has 0 bridgehead atoms. The second-order valence-electron chi connectivity index (χ2n) is 7.12. The second-order valence-corrected chi connectivity index (χ2v) is 8.75. The van der Waals surface area contributed by atoms with Crippen molar-refractivity contribution in [3.05, 3.63) is 90.1 Å². The fraction of sp³-hybridized carbons (Fsp3) is 0.0435. The Morgan fingerprint density at radius 2 is 1.85 bits per heavy atom. The minimum absolute atomic E-state index is 0.00617. The summed E-state index contributed by atoms with van der Waals surface area (Å²) in [4.78, 5) is 24.2. The molecule has 0 saturated heterocycles. The number of nitrogens with one attached hydrogen (secondary N) is 2. The minimum Gasteiger partial charge on any atom is -0.339 e. The monoisotopic (exact) mass is 474 g/mol. The fourth-order valence-electron chi connectivity index (χ4n) is 2.95. The minimum atomic E-state index is -4.04. The first-order valence-electron chi connectivity index (χ1n) is 9.84. The predicted molar refractivity (Wildman–Crippen MR) is 123 cm³/mol. The number of sulfonamides is 1. The molecule has 3 aromatic heterocycles. The topological polar surface area (TPSA) is 139 Å². The Morgan fingerprint density at radius 3 is 2.50 bits per heavy atom. The molecule has 3 heterocycles. The Balaban J connectivity index is 1.66. The van der Waals surface area contributed by atoms with Crippen LogP contribution in [0.5, 0.6) is 0 Å². The average Bonchev–Trinajstić information content (AvgIpc) is 3.30. The van der Waals surface area contributed by atoms with Gasteiger partial charge in [-0.15, -0.1) is 0 Å². The van der Waals surface area contributed by atoms with Crippen LogP contribution < -0.4 is 10.2 Å². The number of hydrogen-bond donors (Lipinski definition) is 3. The van der Waals surface area contributed by atoms with E-state index in [1.165, 1.54) is 29.2 Å². The number of aryl methyl sites for hydroxylation is 1. The number of benzene rings is 1. The van der Waals surface area contributed by atoms with Gasteiger partial charge in [0.1, 0.15) is 5.82 Å². The van der Waals surface area contributed by atoms with Crippen molar-refractivity contribution in [3.63, 3.8) is 0 Å². The van der Waals surface area contributed by atoms with Gasteiger partial charge in [-0.3, -0.25) is 19.7 Å². The highest BCUT2D eigenvalue weighted by molar-refractivity contribution is 7.92. The maximum atomic E-state index is 12.7. The number of carbonyl (C=O) groups excluding carboxylic acids is 1. The van der Waals surface area contributed by atoms with Crippen LogP contribution in [0, 0.1) is 11.8 Å². The number of hydroxylamine groups is 1. The summed E-state index contributed by atoms with van der Waals surface area (Å²) in [6.45, 7) is 0. The van der Waals surface area contributed by atoms with Crippen LogP contribution in [0.25, 0.3) is 11.3 Å². The Kier molecular flexibility index (Phi) is 6.35. The molecule has 170 valence electrons. The SMILES string of the molecule is Cn1cnc(S(=O)(=O)Nc2cc(C(=O)NO)cc(-c3ccc(C#Cc4cccnc4)cc3)n2)c1. The molecule has 1 amide bonds. The molecule has 4 aromatic rings. The maximum Gasteiger partial charge on any atom is 0.282 e. The summed E-state index contributed by atoms with van der Waals surface area (Å²) in [7, 11) is -2.40. The second kappa shape index (κ2) is 9.53. The third-order valence-electron chi connectivity index (χ3n) is 4.58. The van der Waals surface area contributed by atoms with Gasteiger partial charge in [-0.1, -0.05) is 24.0 Å². The molecule has 3 N–H and O–H groups in total. The van der Waals surface area contributed by atoms with Gasteiger partial charge in [-0.2, -0.15) is 8.42 Å². The van der Waals surface area contributed by atoms with E-state index >= 15 is 0 Å². The zero-order valence-corrected chi connectivity index (χ0v) is 18.6. The van der Waals surface area contributed by atoms with Crippen molar-refractivity contribution in [1.82, 2.24) is 25.0 Å². The van der Waals surface area contributed by atoms with E-state index in [1.54, 1.807) is 55.3 Å². The Hall–Kier alpha value is -4.53. The lowest BCUT2D eigenvalue weighted by molar-refractivity contribution is 0.0706. The number of pyridine rings is 2. The van der Waals surface area contributed by atoms with Gasteiger partial charge in [-0.25, -0.2) is 15.4 Å². The van der Waals surface area contributed by atoms with Gasteiger partial charge >= 0.3 is 0 Å². The summed E-state index contributed by atoms with van der Waals surface area (Å²) < 4.78 is 29.1. The normalized spacial score (nSPS) is 10.8. The molecule has 1 aromatic carbocycles. The van der Waals surface area contributed by atoms with Crippen molar-refractivity contribution < 1.29 is 18.4 Å². The molecule has 0 unspecified atom stereocenters. The van der Waals surface area contributed by atoms with Crippen molar-refractivity contribution in [1.29, 1.82) is 0 Å². The highest BCUT2D eigenvalue weighted by Gasteiger charge is 2.20. The lowest BCUT2D eigenvalue weighted by atomic mass is 10.1. The Labute approximate surface area is 195 Å². The molecular formula is C23H18N6O4S. The van der Waals surface area contributed by atoms with Crippen LogP contribution in [0.2, 0.25) is 0 Å². The zero-order chi connectivity index (χ0) is 24.1. The third kappa shape index (κ3) is 5.26. The zero-order valence-electron chi connectivity index (χ0n) is 17.8. The van der Waals surface area contributed by atoms with Crippen molar-refractivity contribution in [3.8, 4) is 23.1 Å². The Bertz CT molecular complexity index is 1500. The van der Waals surface area contributed by atoms with Crippen LogP contribution in [-0.4, -0.2) is 39.1 Å². The number of imidazole rings is 1. The van der Waals surface area contributed by atoms with Crippen LogP contribution in [-0.2, 0) is 17.1 Å². The van der Waals surface area contributed by atoms with Crippen LogP contribution in [0.15, 0.2) is 78.5 Å². The molecule has 0 aliphatic heterocycles. The lowest BCUT2D eigenvalue weighted by Crippen LogP contribution is -2.20. The predicted octanol–water partition coefficient (Wildman–Crippen LogP) is 2.20. The quantitative estimate of drug-likeness (QED) is 0.229. The molecule has 0 aliphatic carbocycles. The standard InChI is InChI=1S/C23H18N6O4S/c1-29-14-22(25-15-29)34(32,33)28-21-12-19(23(30)27-31)11-20(26-21)18-8-6-16(7-9-18)4-5-17-3-2-10-24-13-17/h2-3,6-15,31H,1H3,(H,26,28)(H,27,30). The van der Waals surface area contributed by atoms with Gasteiger partial charge in [0.25, 0.3) is 15.9 Å². The maximum absolute atomic E-state index is 12.7. The van der Waals surface area contributed by atoms with E-state index in [1.807, 2.05) is 6.07 Å². The molecule has 11 heteroatoms. The number of aromatic nitrogens is 4. The smallest absolute Gasteiger partial charge is 0.282 e. The van der Waals surface area contributed by atoms with Crippen molar-refractivity contribution in [2.45, 2.75) is 5.03 Å². The van der Waals surface area contributed by atoms with Gasteiger partial charge in [0.2, 0.25) is 0 Å². The summed E-state index contributed by atoms with van der Waals surface area (Å²) in [6, 6.07) is 13.3. The number of carbonyl (C=O) groups is 1. The van der Waals surface area contributed by atoms with E-state index in [0.717, 1.165) is 11.1 Å². The van der Waals surface area contributed by atoms with E-state index in [-0.39, 0.29) is 16.4 Å². The van der Waals surface area contributed by atoms with Crippen LogP contribution in [0.3, 0.4) is 0 Å². The molecule has 0 saturated carbocycles. The number of amides is 1. The van der Waals surface area contributed by atoms with Crippen LogP contribution in [0.4, 0.5) is 5.82 Å². The molecular weight excluding hydrogens is 456 g/mol. The van der Waals surface area contributed by atoms with Gasteiger partial charge in [-0.05, 0) is 36.4 Å². The van der Waals surface area contributed by atoms with Crippen LogP contribution >= 0.6 is 0 Å². The first-order valence-corrected chi connectivity index (χ1v) is 11.3. The van der Waals surface area contributed by atoms with Gasteiger partial charge in [0.05, 0.1) is 12.0 Å². The summed E-state index contributed by atoms with van der Waals surface area (Å²) in [5.74, 6) is 5.12. The molecule has 0 radical (unpaired) electrons. The molecule has 0 atom stereocenters. The molecule has 0 fully saturated rings. The van der Waals surface area contributed by atoms with E-state index in [2.05, 4.69) is 31.5 Å². The number of hydrogen-bond acceptors (Lipinski definition) is 7. The summed E-state index contributed by atoms with van der Waals surface area (Å²) in [5.41, 5.74) is 3.99. The molecule has 4 rings (SSSR count). The highest BCUT2D eigenvalue weighted by atomic mass is 32.2. The van der Waals surface area contributed by atoms with Crippen LogP contribution in [0.1, 0.15) is 21.5 Å². The van der Waals surface area contributed by atoms with E-state index in [0.29, 0.717) is 11.3 Å². The van der Waals surface area contributed by atoms with Crippen molar-refractivity contribution in [2.75, 3.05) is 4.72 Å². The van der Waals surface area contributed by atoms with E-state index < -0.39 is 15.9 Å². The first-order chi connectivity index (χ1) is 16.3. The van der Waals surface area contributed by atoms with E-state index in [4.69, 9.17) is 5.21 Å². The number of nitrogens with zero attached hydrogens (tertiary/aromatic N) is 4. The highest BCUT2D eigenvalue weighted by Crippen LogP contribution is 2.23. The average molecular weight is 475 g/mol. The lowest BCUT2D eigenvalue weighted by Gasteiger charge is -2.10. The summed E-state index contributed by atoms with van der Waals surface area (Å²) in [5, 5.41) is 8.85. The summed E-state index contributed by atoms with van der Waals surface area (Å²) >= 11 is 0. The number of rotatable bonds is 5. The molecule has 0 aliphatic rings. The van der Waals surface area contributed by atoms with Gasteiger partial charge < -0.3 is 4.57 Å². The van der Waals surface area contributed by atoms with Gasteiger partial charge in [0.15, 0.2) is 5.03 Å². The largest absolute Gasteiger partial charge is 0.339 e. The molecule has 0 spiro atoms. The van der Waals surface area contributed by atoms with Crippen molar-refractivity contribution in [2.24, 2.45) is 7.05 Å². The first kappa shape index (κ1) is 22.7. The molecule has 34 heavy (non-hydrogen) atoms. The number of anilines is 1. The fourth-order valence-corrected chi connectivity index (χ4v) is 3.92. The summed E-state index contributed by atoms with van der Waals surface area (Å²) in [6.07, 6.45) is 6.01. The van der Waals surface area contributed by atoms with Gasteiger partial charge in [0, 0.05) is 47.9 Å².